The highest BCUT2D eigenvalue weighted by atomic mass is 14.9. The van der Waals surface area contributed by atoms with Gasteiger partial charge in [-0.2, -0.15) is 0 Å². The summed E-state index contributed by atoms with van der Waals surface area (Å²) in [6.07, 6.45) is 2.89. The molecule has 0 aliphatic heterocycles. The van der Waals surface area contributed by atoms with E-state index in [1.807, 2.05) is 0 Å². The van der Waals surface area contributed by atoms with E-state index in [0.29, 0.717) is 11.1 Å². The molecule has 0 saturated carbocycles. The van der Waals surface area contributed by atoms with Gasteiger partial charge < -0.3 is 4.40 Å². The molecule has 7 aromatic rings. The van der Waals surface area contributed by atoms with Crippen molar-refractivity contribution in [2.45, 2.75) is 81.6 Å². The summed E-state index contributed by atoms with van der Waals surface area (Å²) in [6.45, 7) is 20.9. The molecule has 3 aromatic heterocycles. The number of benzene rings is 4. The van der Waals surface area contributed by atoms with Gasteiger partial charge in [-0.15, -0.1) is 0 Å². The van der Waals surface area contributed by atoms with Crippen LogP contribution in [0.25, 0.3) is 59.8 Å². The Bertz CT molecular complexity index is 2270. The summed E-state index contributed by atoms with van der Waals surface area (Å²) in [6, 6.07) is 20.7. The van der Waals surface area contributed by atoms with E-state index in [1.165, 1.54) is 54.8 Å². The molecule has 3 heterocycles. The number of aromatic nitrogens is 2. The molecule has 218 valence electrons. The topological polar surface area (TPSA) is 17.3 Å². The minimum Gasteiger partial charge on any atom is -0.308 e. The molecule has 0 N–H and O–H groups in total. The molecule has 0 saturated heterocycles. The molecule has 4 aromatic carbocycles. The summed E-state index contributed by atoms with van der Waals surface area (Å²) < 4.78 is 2.54. The monoisotopic (exact) mass is 572 g/mol. The second-order valence-corrected chi connectivity index (χ2v) is 16.8. The van der Waals surface area contributed by atoms with Crippen molar-refractivity contribution in [1.29, 1.82) is 0 Å². The van der Waals surface area contributed by atoms with Crippen molar-refractivity contribution in [2.24, 2.45) is 16.2 Å². The maximum atomic E-state index is 6.78. The molecule has 0 fully saturated rings. The Labute approximate surface area is 264 Å². The van der Waals surface area contributed by atoms with Crippen LogP contribution in [0, 0.1) is 16.2 Å². The summed E-state index contributed by atoms with van der Waals surface area (Å²) >= 11 is 0. The fourth-order valence-corrected chi connectivity index (χ4v) is 7.60. The van der Waals surface area contributed by atoms with Crippen LogP contribution >= 0.6 is 0 Å². The van der Waals surface area contributed by atoms with Gasteiger partial charge in [0.1, 0.15) is 15.7 Å². The summed E-state index contributed by atoms with van der Waals surface area (Å²) in [5.41, 5.74) is 10.0. The van der Waals surface area contributed by atoms with Crippen LogP contribution < -0.4 is 11.1 Å². The fraction of sp³-hybridized carbons (Fsp3) is 0.375. The molecule has 2 nitrogen and oxygen atoms in total. The van der Waals surface area contributed by atoms with Crippen molar-refractivity contribution in [3.8, 4) is 0 Å². The van der Waals surface area contributed by atoms with E-state index in [1.54, 1.807) is 0 Å². The van der Waals surface area contributed by atoms with Crippen molar-refractivity contribution in [3.05, 3.63) is 71.3 Å². The van der Waals surface area contributed by atoms with Gasteiger partial charge in [0.15, 0.2) is 0 Å². The lowest BCUT2D eigenvalue weighted by atomic mass is 9.78. The molecular formula is C40H42B2N2. The second-order valence-electron chi connectivity index (χ2n) is 16.8. The van der Waals surface area contributed by atoms with Crippen molar-refractivity contribution in [1.82, 2.24) is 9.38 Å². The van der Waals surface area contributed by atoms with Crippen molar-refractivity contribution >= 4 is 86.5 Å². The van der Waals surface area contributed by atoms with Crippen LogP contribution in [-0.2, 0) is 19.3 Å². The van der Waals surface area contributed by atoms with Gasteiger partial charge >= 0.3 is 0 Å². The van der Waals surface area contributed by atoms with Gasteiger partial charge in [-0.25, -0.2) is 0 Å². The third kappa shape index (κ3) is 4.68. The molecule has 0 unspecified atom stereocenters. The number of pyridine rings is 2. The molecule has 44 heavy (non-hydrogen) atoms. The largest absolute Gasteiger partial charge is 0.308 e. The van der Waals surface area contributed by atoms with E-state index in [2.05, 4.69) is 121 Å². The minimum atomic E-state index is 0.0749. The van der Waals surface area contributed by atoms with E-state index in [-0.39, 0.29) is 16.2 Å². The molecule has 0 spiro atoms. The lowest BCUT2D eigenvalue weighted by Crippen LogP contribution is -2.30. The Kier molecular flexibility index (Phi) is 6.30. The number of nitrogens with zero attached hydrogens (tertiary/aromatic N) is 2. The maximum Gasteiger partial charge on any atom is 0.140 e. The SMILES string of the molecule is [B]c1nc2c3cc4cc(CC(C)(C)C)ccc4c(CC(C)(C)C)c3n3c4ccccc4c4c(CC(C)(C)C)cc(c1[B])c2c43. The van der Waals surface area contributed by atoms with Crippen LogP contribution in [0.4, 0.5) is 0 Å². The third-order valence-corrected chi connectivity index (χ3v) is 8.98. The highest BCUT2D eigenvalue weighted by molar-refractivity contribution is 6.53. The molecule has 0 aliphatic rings. The normalized spacial score (nSPS) is 13.6. The molecule has 0 bridgehead atoms. The van der Waals surface area contributed by atoms with E-state index in [9.17, 15) is 0 Å². The summed E-state index contributed by atoms with van der Waals surface area (Å²) in [5, 5.41) is 8.42. The average Bonchev–Trinajstić information content (AvgIpc) is 3.23. The second kappa shape index (κ2) is 9.49. The van der Waals surface area contributed by atoms with E-state index in [0.717, 1.165) is 40.9 Å². The molecular weight excluding hydrogens is 530 g/mol. The molecule has 0 atom stereocenters. The first-order valence-corrected chi connectivity index (χ1v) is 16.0. The quantitative estimate of drug-likeness (QED) is 0.117. The molecule has 4 radical (unpaired) electrons. The van der Waals surface area contributed by atoms with Gasteiger partial charge in [0.05, 0.1) is 22.1 Å². The first-order valence-electron chi connectivity index (χ1n) is 16.0. The first kappa shape index (κ1) is 29.2. The molecule has 0 aliphatic carbocycles. The molecule has 0 amide bonds. The molecule has 4 heteroatoms. The van der Waals surface area contributed by atoms with Gasteiger partial charge in [0.2, 0.25) is 0 Å². The lowest BCUT2D eigenvalue weighted by molar-refractivity contribution is 0.411. The summed E-state index contributed by atoms with van der Waals surface area (Å²) in [4.78, 5) is 5.10. The smallest absolute Gasteiger partial charge is 0.140 e. The van der Waals surface area contributed by atoms with Crippen LogP contribution in [0.3, 0.4) is 0 Å². The fourth-order valence-electron chi connectivity index (χ4n) is 7.60. The Morgan fingerprint density at radius 1 is 0.636 bits per heavy atom. The number of rotatable bonds is 3. The van der Waals surface area contributed by atoms with Gasteiger partial charge in [0.25, 0.3) is 0 Å². The standard InChI is InChI=1S/C40H42B2N2/c1-38(2,3)19-22-14-15-25-23(16-22)17-28-34-32-27(33(41)37(42)43-34)18-24(20-39(4,5)6)31-26-12-10-11-13-30(26)44(36(31)32)35(28)29(25)21-40(7,8)9/h10-18H,19-21H2,1-9H3. The van der Waals surface area contributed by atoms with Crippen LogP contribution in [-0.4, -0.2) is 25.1 Å². The highest BCUT2D eigenvalue weighted by Crippen LogP contribution is 2.45. The Morgan fingerprint density at radius 2 is 1.32 bits per heavy atom. The van der Waals surface area contributed by atoms with Crippen LogP contribution in [0.1, 0.15) is 79.0 Å². The molecule has 7 rings (SSSR count). The van der Waals surface area contributed by atoms with E-state index >= 15 is 0 Å². The number of hydrogen-bond acceptors (Lipinski definition) is 1. The first-order chi connectivity index (χ1) is 20.5. The maximum absolute atomic E-state index is 6.78. The summed E-state index contributed by atoms with van der Waals surface area (Å²) in [5.74, 6) is 0. The van der Waals surface area contributed by atoms with E-state index in [4.69, 9.17) is 20.7 Å². The highest BCUT2D eigenvalue weighted by Gasteiger charge is 2.27. The zero-order chi connectivity index (χ0) is 31.5. The van der Waals surface area contributed by atoms with Gasteiger partial charge in [0, 0.05) is 21.5 Å². The van der Waals surface area contributed by atoms with Gasteiger partial charge in [-0.1, -0.05) is 110 Å². The van der Waals surface area contributed by atoms with Gasteiger partial charge in [-0.05, 0) is 86.1 Å². The van der Waals surface area contributed by atoms with Gasteiger partial charge in [-0.3, -0.25) is 4.98 Å². The van der Waals surface area contributed by atoms with Crippen LogP contribution in [0.15, 0.2) is 54.6 Å². The third-order valence-electron chi connectivity index (χ3n) is 8.98. The lowest BCUT2D eigenvalue weighted by Gasteiger charge is -2.25. The predicted molar refractivity (Wildman–Crippen MR) is 194 cm³/mol. The van der Waals surface area contributed by atoms with E-state index < -0.39 is 0 Å². The summed E-state index contributed by atoms with van der Waals surface area (Å²) in [7, 11) is 13.4. The van der Waals surface area contributed by atoms with Crippen LogP contribution in [0.5, 0.6) is 0 Å². The average molecular weight is 572 g/mol. The van der Waals surface area contributed by atoms with Crippen molar-refractivity contribution in [3.63, 3.8) is 0 Å². The van der Waals surface area contributed by atoms with Crippen molar-refractivity contribution in [2.75, 3.05) is 0 Å². The van der Waals surface area contributed by atoms with Crippen LogP contribution in [0.2, 0.25) is 0 Å². The predicted octanol–water partition coefficient (Wildman–Crippen LogP) is 8.89. The Morgan fingerprint density at radius 3 is 2.00 bits per heavy atom. The minimum absolute atomic E-state index is 0.0749. The Hall–Kier alpha value is -3.52. The zero-order valence-electron chi connectivity index (χ0n) is 27.9. The zero-order valence-corrected chi connectivity index (χ0v) is 27.9. The number of fused-ring (bicyclic) bond motifs is 7. The Balaban J connectivity index is 1.79. The number of para-hydroxylation sites is 1. The number of hydrogen-bond donors (Lipinski definition) is 0. The van der Waals surface area contributed by atoms with Crippen molar-refractivity contribution < 1.29 is 0 Å².